The minimum Gasteiger partial charge on any atom is -0.444 e. The number of aliphatic hydroxyl groups is 1. The number of halogens is 6. The van der Waals surface area contributed by atoms with E-state index in [-0.39, 0.29) is 36.9 Å². The third-order valence-corrected chi connectivity index (χ3v) is 15.5. The van der Waals surface area contributed by atoms with Crippen LogP contribution in [0.5, 0.6) is 0 Å². The number of hydrogen-bond donors (Lipinski definition) is 2. The Morgan fingerprint density at radius 1 is 0.488 bits per heavy atom. The molecule has 0 bridgehead atoms. The SMILES string of the molecule is CC(C)(C)OC(=O)N1CCN(c2ccc(CO)cc2Cl)[C@H](c2ccc(Cl)cc2)C1.COCc1ccc(N2CCN(C(=O)OC(C)(C)C)C[C@H]2c2ccc(Cl)cc2)c(Cl)c1.COCc1ccc(N2CCNC[C@H]2c2ccc(Cl)cc2)c(Cl)c1. The van der Waals surface area contributed by atoms with Gasteiger partial charge in [-0.3, -0.25) is 0 Å². The van der Waals surface area contributed by atoms with Crippen molar-refractivity contribution in [3.8, 4) is 0 Å². The zero-order chi connectivity index (χ0) is 59.3. The van der Waals surface area contributed by atoms with Crippen LogP contribution in [0.4, 0.5) is 26.7 Å². The van der Waals surface area contributed by atoms with Crippen LogP contribution in [0.15, 0.2) is 127 Å². The molecule has 0 aromatic heterocycles. The molecule has 6 aromatic rings. The number of ether oxygens (including phenoxy) is 4. The molecule has 3 saturated heterocycles. The molecule has 9 rings (SSSR count). The van der Waals surface area contributed by atoms with Crippen molar-refractivity contribution in [3.05, 3.63) is 191 Å². The number of carbonyl (C=O) groups is 2. The quantitative estimate of drug-likeness (QED) is 0.129. The Labute approximate surface area is 513 Å². The van der Waals surface area contributed by atoms with Gasteiger partial charge in [0.25, 0.3) is 0 Å². The average Bonchev–Trinajstić information content (AvgIpc) is 3.13. The maximum atomic E-state index is 12.7. The van der Waals surface area contributed by atoms with Gasteiger partial charge in [0.2, 0.25) is 0 Å². The predicted molar refractivity (Wildman–Crippen MR) is 335 cm³/mol. The van der Waals surface area contributed by atoms with Crippen molar-refractivity contribution in [2.24, 2.45) is 0 Å². The zero-order valence-electron chi connectivity index (χ0n) is 47.7. The topological polar surface area (TPSA) is 120 Å². The highest BCUT2D eigenvalue weighted by molar-refractivity contribution is 6.34. The molecule has 0 aliphatic carbocycles. The molecule has 0 unspecified atom stereocenters. The van der Waals surface area contributed by atoms with E-state index in [9.17, 15) is 14.7 Å². The van der Waals surface area contributed by atoms with Crippen LogP contribution in [0.2, 0.25) is 30.1 Å². The van der Waals surface area contributed by atoms with Gasteiger partial charge in [-0.05, 0) is 148 Å². The number of hydrogen-bond acceptors (Lipinski definition) is 11. The third-order valence-electron chi connectivity index (χ3n) is 13.8. The van der Waals surface area contributed by atoms with E-state index < -0.39 is 11.2 Å². The molecule has 3 fully saturated rings. The third kappa shape index (κ3) is 17.9. The molecule has 2 N–H and O–H groups in total. The van der Waals surface area contributed by atoms with Gasteiger partial charge in [-0.2, -0.15) is 0 Å². The van der Waals surface area contributed by atoms with Crippen molar-refractivity contribution < 1.29 is 33.6 Å². The van der Waals surface area contributed by atoms with Crippen LogP contribution in [-0.2, 0) is 38.8 Å². The van der Waals surface area contributed by atoms with E-state index in [1.807, 2.05) is 139 Å². The second-order valence-electron chi connectivity index (χ2n) is 22.2. The number of piperazine rings is 3. The lowest BCUT2D eigenvalue weighted by atomic mass is 10.0. The number of nitrogens with one attached hydrogen (secondary N) is 1. The number of rotatable bonds is 11. The number of methoxy groups -OCH3 is 2. The predicted octanol–water partition coefficient (Wildman–Crippen LogP) is 15.5. The lowest BCUT2D eigenvalue weighted by Gasteiger charge is -2.43. The fourth-order valence-electron chi connectivity index (χ4n) is 10.0. The van der Waals surface area contributed by atoms with Crippen molar-refractivity contribution in [1.29, 1.82) is 0 Å². The van der Waals surface area contributed by atoms with Gasteiger partial charge in [0.05, 0.1) is 70.1 Å². The molecule has 3 aliphatic rings. The molecule has 0 saturated carbocycles. The Morgan fingerprint density at radius 2 is 0.829 bits per heavy atom. The summed E-state index contributed by atoms with van der Waals surface area (Å²) in [6.45, 7) is 18.2. The number of aliphatic hydroxyl groups excluding tert-OH is 1. The van der Waals surface area contributed by atoms with Gasteiger partial charge in [0.1, 0.15) is 11.2 Å². The Morgan fingerprint density at radius 3 is 1.17 bits per heavy atom. The zero-order valence-corrected chi connectivity index (χ0v) is 52.3. The van der Waals surface area contributed by atoms with Gasteiger partial charge in [0.15, 0.2) is 0 Å². The number of carbonyl (C=O) groups excluding carboxylic acids is 2. The number of nitrogens with zero attached hydrogens (tertiary/aromatic N) is 5. The van der Waals surface area contributed by atoms with Crippen LogP contribution in [-0.4, -0.2) is 111 Å². The highest BCUT2D eigenvalue weighted by Crippen LogP contribution is 2.39. The molecule has 0 radical (unpaired) electrons. The lowest BCUT2D eigenvalue weighted by Crippen LogP contribution is -2.51. The minimum absolute atomic E-state index is 0.0625. The van der Waals surface area contributed by atoms with E-state index in [1.54, 1.807) is 30.1 Å². The molecule has 19 heteroatoms. The number of anilines is 3. The normalized spacial score (nSPS) is 17.5. The summed E-state index contributed by atoms with van der Waals surface area (Å²) in [6, 6.07) is 41.1. The summed E-state index contributed by atoms with van der Waals surface area (Å²) in [5.41, 5.74) is 7.96. The summed E-state index contributed by atoms with van der Waals surface area (Å²) in [6.07, 6.45) is -0.625. The maximum absolute atomic E-state index is 12.7. The van der Waals surface area contributed by atoms with Crippen LogP contribution in [0, 0.1) is 0 Å². The van der Waals surface area contributed by atoms with Gasteiger partial charge in [-0.15, -0.1) is 0 Å². The standard InChI is InChI=1S/C23H28Cl2N2O3.C22H26Cl2N2O3.C18H20Cl2N2O/c1-23(2,3)30-22(28)26-11-12-27(20-10-5-16(15-29-4)13-19(20)25)21(14-26)17-6-8-18(24)9-7-17;1-22(2,3)29-21(28)25-10-11-26(19-9-4-15(14-27)12-18(19)24)20(13-25)16-5-7-17(23)8-6-16;1-23-12-13-2-7-17(16(20)10-13)22-9-8-21-11-18(22)14-3-5-15(19)6-4-14/h5-10,13,21H,11-12,14-15H2,1-4H3;4-9,12,20,27H,10-11,13-14H2,1-3H3;2-7,10,18,21H,8-9,11-12H2,1H3/t21-;20-;18-/m000/s1. The fourth-order valence-corrected chi connectivity index (χ4v) is 11.3. The van der Waals surface area contributed by atoms with Crippen molar-refractivity contribution in [2.45, 2.75) is 90.7 Å². The maximum Gasteiger partial charge on any atom is 0.410 e. The monoisotopic (exact) mass is 1240 g/mol. The first-order valence-corrected chi connectivity index (χ1v) is 29.5. The molecule has 2 amide bonds. The Bertz CT molecular complexity index is 3050. The first-order chi connectivity index (χ1) is 39.0. The van der Waals surface area contributed by atoms with Crippen LogP contribution in [0.1, 0.15) is 93.0 Å². The largest absolute Gasteiger partial charge is 0.444 e. The summed E-state index contributed by atoms with van der Waals surface area (Å²) in [5.74, 6) is 0. The van der Waals surface area contributed by atoms with Crippen molar-refractivity contribution in [2.75, 3.05) is 87.8 Å². The highest BCUT2D eigenvalue weighted by atomic mass is 35.5. The van der Waals surface area contributed by atoms with E-state index >= 15 is 0 Å². The van der Waals surface area contributed by atoms with E-state index in [1.165, 1.54) is 5.56 Å². The number of benzene rings is 6. The van der Waals surface area contributed by atoms with Gasteiger partial charge in [-0.1, -0.05) is 124 Å². The molecule has 6 aromatic carbocycles. The second kappa shape index (κ2) is 29.6. The van der Waals surface area contributed by atoms with Crippen LogP contribution >= 0.6 is 69.6 Å². The average molecular weight is 1240 g/mol. The van der Waals surface area contributed by atoms with E-state index in [4.69, 9.17) is 88.6 Å². The summed E-state index contributed by atoms with van der Waals surface area (Å²) in [5, 5.41) is 16.9. The summed E-state index contributed by atoms with van der Waals surface area (Å²) < 4.78 is 21.5. The smallest absolute Gasteiger partial charge is 0.410 e. The first-order valence-electron chi connectivity index (χ1n) is 27.2. The Kier molecular flexibility index (Phi) is 23.2. The van der Waals surface area contributed by atoms with Crippen LogP contribution in [0.25, 0.3) is 0 Å². The first kappa shape index (κ1) is 64.4. The summed E-state index contributed by atoms with van der Waals surface area (Å²) in [4.78, 5) is 35.6. The van der Waals surface area contributed by atoms with Crippen molar-refractivity contribution >= 4 is 98.9 Å². The minimum atomic E-state index is -0.548. The molecule has 0 spiro atoms. The highest BCUT2D eigenvalue weighted by Gasteiger charge is 2.36. The van der Waals surface area contributed by atoms with E-state index in [0.717, 1.165) is 74.6 Å². The van der Waals surface area contributed by atoms with Crippen molar-refractivity contribution in [1.82, 2.24) is 15.1 Å². The van der Waals surface area contributed by atoms with Gasteiger partial charge >= 0.3 is 12.2 Å². The van der Waals surface area contributed by atoms with Crippen LogP contribution < -0.4 is 20.0 Å². The lowest BCUT2D eigenvalue weighted by molar-refractivity contribution is 0.0204. The summed E-state index contributed by atoms with van der Waals surface area (Å²) >= 11 is 37.9. The summed E-state index contributed by atoms with van der Waals surface area (Å²) in [7, 11) is 3.35. The van der Waals surface area contributed by atoms with Gasteiger partial charge < -0.3 is 53.9 Å². The van der Waals surface area contributed by atoms with E-state index in [2.05, 4.69) is 44.3 Å². The molecular formula is C63H74Cl6N6O7. The molecule has 3 atom stereocenters. The molecular weight excluding hydrogens is 1170 g/mol. The van der Waals surface area contributed by atoms with E-state index in [0.29, 0.717) is 72.6 Å². The van der Waals surface area contributed by atoms with Crippen LogP contribution in [0.3, 0.4) is 0 Å². The molecule has 3 heterocycles. The molecule has 440 valence electrons. The fraction of sp³-hybridized carbons (Fsp3) is 0.397. The van der Waals surface area contributed by atoms with Gasteiger partial charge in [0, 0.05) is 88.2 Å². The molecule has 3 aliphatic heterocycles. The van der Waals surface area contributed by atoms with Gasteiger partial charge in [-0.25, -0.2) is 9.59 Å². The van der Waals surface area contributed by atoms with Crippen molar-refractivity contribution in [3.63, 3.8) is 0 Å². The second-order valence-corrected chi connectivity index (χ2v) is 24.8. The Balaban J connectivity index is 0.000000179. The molecule has 82 heavy (non-hydrogen) atoms. The Hall–Kier alpha value is -5.16. The number of amides is 2. The molecule has 13 nitrogen and oxygen atoms in total.